The Bertz CT molecular complexity index is 1260. The first kappa shape index (κ1) is 40.2. The van der Waals surface area contributed by atoms with E-state index in [9.17, 15) is 9.59 Å². The first-order valence-corrected chi connectivity index (χ1v) is 18.7. The Labute approximate surface area is 292 Å². The lowest BCUT2D eigenvalue weighted by Gasteiger charge is -2.43. The molecule has 3 aromatic carbocycles. The molecule has 0 N–H and O–H groups in total. The van der Waals surface area contributed by atoms with E-state index < -0.39 is 20.1 Å². The molecule has 3 rings (SSSR count). The summed E-state index contributed by atoms with van der Waals surface area (Å²) in [5, 5.41) is 2.45. The smallest absolute Gasteiger partial charge is 0.379 e. The van der Waals surface area contributed by atoms with Gasteiger partial charge in [-0.2, -0.15) is 0 Å². The molecule has 0 aliphatic rings. The monoisotopic (exact) mass is 696 g/mol. The highest BCUT2D eigenvalue weighted by Gasteiger charge is 2.50. The molecule has 0 spiro atoms. The Balaban J connectivity index is 1.11. The second-order valence-corrected chi connectivity index (χ2v) is 16.3. The predicted octanol–water partition coefficient (Wildman–Crippen LogP) is 4.09. The van der Waals surface area contributed by atoms with Gasteiger partial charge in [-0.3, -0.25) is 4.79 Å². The van der Waals surface area contributed by atoms with Crippen molar-refractivity contribution in [2.45, 2.75) is 25.8 Å². The van der Waals surface area contributed by atoms with Crippen LogP contribution in [0.3, 0.4) is 0 Å². The zero-order chi connectivity index (χ0) is 35.0. The molecule has 0 atom stereocenters. The lowest BCUT2D eigenvalue weighted by atomic mass is 10.1. The van der Waals surface area contributed by atoms with Crippen molar-refractivity contribution in [1.82, 2.24) is 0 Å². The van der Waals surface area contributed by atoms with Gasteiger partial charge in [0.25, 0.3) is 14.1 Å². The Morgan fingerprint density at radius 2 is 0.796 bits per heavy atom. The van der Waals surface area contributed by atoms with Gasteiger partial charge in [-0.1, -0.05) is 112 Å². The maximum Gasteiger partial charge on any atom is 0.379 e. The summed E-state index contributed by atoms with van der Waals surface area (Å²) in [6, 6.07) is 29.5. The van der Waals surface area contributed by atoms with E-state index in [1.165, 1.54) is 10.4 Å². The average molecular weight is 697 g/mol. The number of carbonyl (C=O) groups excluding carboxylic acids is 2. The van der Waals surface area contributed by atoms with Gasteiger partial charge in [0.05, 0.1) is 85.9 Å². The standard InChI is InChI=1S/C38H52O10Si/c1-38(2,3)49(34-15-9-5-10-16-34,35-17-11-6-12-18-35)48-32-30-46-28-26-44-24-22-42-20-19-41-21-23-43-25-27-45-29-31-47-37(40)36(39)33-13-7-4-8-14-33/h4-18H,19-32H2,1-3H3. The third-order valence-corrected chi connectivity index (χ3v) is 12.5. The average Bonchev–Trinajstić information content (AvgIpc) is 3.12. The lowest BCUT2D eigenvalue weighted by Crippen LogP contribution is -2.66. The molecule has 0 aliphatic carbocycles. The van der Waals surface area contributed by atoms with Crippen LogP contribution in [0.15, 0.2) is 91.0 Å². The zero-order valence-corrected chi connectivity index (χ0v) is 30.1. The normalized spacial score (nSPS) is 11.8. The molecular formula is C38H52O10Si. The van der Waals surface area contributed by atoms with Crippen LogP contribution in [0.1, 0.15) is 31.1 Å². The molecule has 0 bridgehead atoms. The first-order chi connectivity index (χ1) is 23.9. The van der Waals surface area contributed by atoms with E-state index in [4.69, 9.17) is 37.6 Å². The number of ether oxygens (including phenoxy) is 7. The van der Waals surface area contributed by atoms with E-state index in [1.807, 2.05) is 12.1 Å². The van der Waals surface area contributed by atoms with E-state index in [-0.39, 0.29) is 18.3 Å². The van der Waals surface area contributed by atoms with Crippen LogP contribution in [0.2, 0.25) is 5.04 Å². The van der Waals surface area contributed by atoms with Gasteiger partial charge < -0.3 is 37.6 Å². The van der Waals surface area contributed by atoms with Crippen LogP contribution in [0.5, 0.6) is 0 Å². The van der Waals surface area contributed by atoms with Crippen molar-refractivity contribution in [3.63, 3.8) is 0 Å². The van der Waals surface area contributed by atoms with Crippen molar-refractivity contribution in [3.8, 4) is 0 Å². The number of benzene rings is 3. The quantitative estimate of drug-likeness (QED) is 0.0401. The summed E-state index contributed by atoms with van der Waals surface area (Å²) >= 11 is 0. The molecular weight excluding hydrogens is 644 g/mol. The topological polar surface area (TPSA) is 108 Å². The van der Waals surface area contributed by atoms with Crippen molar-refractivity contribution >= 4 is 30.4 Å². The molecule has 0 saturated heterocycles. The van der Waals surface area contributed by atoms with Crippen molar-refractivity contribution in [3.05, 3.63) is 96.6 Å². The molecule has 0 fully saturated rings. The fraction of sp³-hybridized carbons (Fsp3) is 0.474. The number of ketones is 1. The van der Waals surface area contributed by atoms with Crippen LogP contribution in [-0.2, 0) is 42.4 Å². The highest BCUT2D eigenvalue weighted by molar-refractivity contribution is 6.99. The van der Waals surface area contributed by atoms with Gasteiger partial charge in [-0.25, -0.2) is 4.79 Å². The third kappa shape index (κ3) is 14.2. The summed E-state index contributed by atoms with van der Waals surface area (Å²) in [4.78, 5) is 23.7. The fourth-order valence-corrected chi connectivity index (χ4v) is 9.73. The molecule has 3 aromatic rings. The minimum absolute atomic E-state index is 0.000554. The number of hydrogen-bond acceptors (Lipinski definition) is 10. The van der Waals surface area contributed by atoms with Crippen LogP contribution in [0.25, 0.3) is 0 Å². The van der Waals surface area contributed by atoms with Gasteiger partial charge in [0.15, 0.2) is 0 Å². The van der Waals surface area contributed by atoms with E-state index in [0.717, 1.165) is 0 Å². The zero-order valence-electron chi connectivity index (χ0n) is 29.1. The Kier molecular flexibility index (Phi) is 19.0. The van der Waals surface area contributed by atoms with Gasteiger partial charge in [0.2, 0.25) is 0 Å². The highest BCUT2D eigenvalue weighted by atomic mass is 28.4. The summed E-state index contributed by atoms with van der Waals surface area (Å²) in [6.45, 7) is 12.4. The molecule has 0 aliphatic heterocycles. The largest absolute Gasteiger partial charge is 0.457 e. The number of esters is 1. The fourth-order valence-electron chi connectivity index (χ4n) is 5.18. The van der Waals surface area contributed by atoms with Gasteiger partial charge >= 0.3 is 5.97 Å². The lowest BCUT2D eigenvalue weighted by molar-refractivity contribution is -0.139. The predicted molar refractivity (Wildman–Crippen MR) is 190 cm³/mol. The highest BCUT2D eigenvalue weighted by Crippen LogP contribution is 2.36. The molecule has 0 amide bonds. The molecule has 0 heterocycles. The molecule has 0 radical (unpaired) electrons. The van der Waals surface area contributed by atoms with Crippen LogP contribution < -0.4 is 10.4 Å². The molecule has 0 aromatic heterocycles. The van der Waals surface area contributed by atoms with Crippen molar-refractivity contribution < 1.29 is 47.2 Å². The van der Waals surface area contributed by atoms with Gasteiger partial charge in [0, 0.05) is 5.56 Å². The summed E-state index contributed by atoms with van der Waals surface area (Å²) in [5.74, 6) is -1.57. The first-order valence-electron chi connectivity index (χ1n) is 16.8. The molecule has 268 valence electrons. The number of carbonyl (C=O) groups is 2. The van der Waals surface area contributed by atoms with E-state index in [0.29, 0.717) is 84.8 Å². The van der Waals surface area contributed by atoms with Crippen LogP contribution >= 0.6 is 0 Å². The van der Waals surface area contributed by atoms with E-state index in [1.54, 1.807) is 30.3 Å². The van der Waals surface area contributed by atoms with Crippen LogP contribution in [-0.4, -0.2) is 113 Å². The van der Waals surface area contributed by atoms with E-state index >= 15 is 0 Å². The minimum Gasteiger partial charge on any atom is -0.457 e. The molecule has 49 heavy (non-hydrogen) atoms. The Hall–Kier alpha value is -3.26. The van der Waals surface area contributed by atoms with Crippen molar-refractivity contribution in [2.24, 2.45) is 0 Å². The molecule has 10 nitrogen and oxygen atoms in total. The Morgan fingerprint density at radius 3 is 1.16 bits per heavy atom. The Morgan fingerprint density at radius 1 is 0.469 bits per heavy atom. The summed E-state index contributed by atoms with van der Waals surface area (Å²) < 4.78 is 45.1. The maximum absolute atomic E-state index is 11.9. The second-order valence-electron chi connectivity index (χ2n) is 12.0. The number of hydrogen-bond donors (Lipinski definition) is 0. The summed E-state index contributed by atoms with van der Waals surface area (Å²) in [5.41, 5.74) is 0.298. The van der Waals surface area contributed by atoms with Crippen LogP contribution in [0, 0.1) is 0 Å². The van der Waals surface area contributed by atoms with Gasteiger partial charge in [0.1, 0.15) is 6.61 Å². The van der Waals surface area contributed by atoms with Crippen LogP contribution in [0.4, 0.5) is 0 Å². The molecule has 11 heteroatoms. The van der Waals surface area contributed by atoms with Gasteiger partial charge in [-0.05, 0) is 15.4 Å². The van der Waals surface area contributed by atoms with Gasteiger partial charge in [-0.15, -0.1) is 0 Å². The van der Waals surface area contributed by atoms with E-state index in [2.05, 4.69) is 69.3 Å². The second kappa shape index (κ2) is 23.2. The molecule has 0 unspecified atom stereocenters. The summed E-state index contributed by atoms with van der Waals surface area (Å²) in [7, 11) is -2.55. The van der Waals surface area contributed by atoms with Crippen molar-refractivity contribution in [2.75, 3.05) is 92.5 Å². The maximum atomic E-state index is 11.9. The molecule has 0 saturated carbocycles. The third-order valence-electron chi connectivity index (χ3n) is 7.51. The number of rotatable bonds is 26. The van der Waals surface area contributed by atoms with Crippen molar-refractivity contribution in [1.29, 1.82) is 0 Å². The number of Topliss-reactive ketones (excluding diaryl/α,β-unsaturated/α-hetero) is 1. The SMILES string of the molecule is CC(C)(C)[Si](OCCOCCOCCOCCOCCOCCOCCOC(=O)C(=O)c1ccccc1)(c1ccccc1)c1ccccc1. The minimum atomic E-state index is -2.55. The summed E-state index contributed by atoms with van der Waals surface area (Å²) in [6.07, 6.45) is 0.